The van der Waals surface area contributed by atoms with Crippen LogP contribution in [0.25, 0.3) is 0 Å². The predicted molar refractivity (Wildman–Crippen MR) is 130 cm³/mol. The van der Waals surface area contributed by atoms with Crippen LogP contribution in [0.1, 0.15) is 93.9 Å². The molecule has 0 bridgehead atoms. The summed E-state index contributed by atoms with van der Waals surface area (Å²) in [7, 11) is 0. The summed E-state index contributed by atoms with van der Waals surface area (Å²) < 4.78 is 0. The number of rotatable bonds is 19. The highest BCUT2D eigenvalue weighted by molar-refractivity contribution is 8.00. The Balaban J connectivity index is 2.42. The van der Waals surface area contributed by atoms with Gasteiger partial charge in [-0.25, -0.2) is 0 Å². The molecule has 1 rings (SSSR count). The van der Waals surface area contributed by atoms with Gasteiger partial charge in [0, 0.05) is 12.2 Å². The molecule has 1 aromatic carbocycles. The lowest BCUT2D eigenvalue weighted by Gasteiger charge is -2.17. The Hall–Kier alpha value is -2.02. The third-order valence-electron chi connectivity index (χ3n) is 5.41. The molecule has 1 unspecified atom stereocenters. The standard InChI is InChI=1S/C25H39NO5S/c1-2-3-4-5-6-7-8-9-10-11-14-20-15-12-13-16-21(20)24(25(30)31)32-18-17-22(27)26-19-23(28)29/h12-13,15-16,24H,2-11,14,17-19H2,1H3,(H,26,27)(H,28,29)(H,30,31). The molecular formula is C25H39NO5S. The number of nitrogens with one attached hydrogen (secondary N) is 1. The molecule has 180 valence electrons. The van der Waals surface area contributed by atoms with Crippen LogP contribution in [0.2, 0.25) is 0 Å². The Kier molecular flexibility index (Phi) is 15.3. The molecule has 1 aromatic rings. The molecule has 0 saturated carbocycles. The zero-order valence-corrected chi connectivity index (χ0v) is 20.1. The van der Waals surface area contributed by atoms with E-state index in [0.29, 0.717) is 5.75 Å². The molecule has 0 aromatic heterocycles. The van der Waals surface area contributed by atoms with Crippen LogP contribution in [0, 0.1) is 0 Å². The smallest absolute Gasteiger partial charge is 0.322 e. The average Bonchev–Trinajstić information content (AvgIpc) is 2.77. The van der Waals surface area contributed by atoms with Crippen molar-refractivity contribution in [2.75, 3.05) is 12.3 Å². The molecule has 0 aliphatic rings. The molecule has 0 radical (unpaired) electrons. The van der Waals surface area contributed by atoms with E-state index in [1.807, 2.05) is 24.3 Å². The van der Waals surface area contributed by atoms with Crippen molar-refractivity contribution in [1.29, 1.82) is 0 Å². The Morgan fingerprint density at radius 1 is 0.906 bits per heavy atom. The van der Waals surface area contributed by atoms with Gasteiger partial charge >= 0.3 is 11.9 Å². The zero-order chi connectivity index (χ0) is 23.6. The maximum Gasteiger partial charge on any atom is 0.322 e. The van der Waals surface area contributed by atoms with Crippen molar-refractivity contribution < 1.29 is 24.6 Å². The summed E-state index contributed by atoms with van der Waals surface area (Å²) in [6, 6.07) is 7.66. The molecule has 32 heavy (non-hydrogen) atoms. The van der Waals surface area contributed by atoms with Crippen molar-refractivity contribution in [3.05, 3.63) is 35.4 Å². The summed E-state index contributed by atoms with van der Waals surface area (Å²) in [6.45, 7) is 1.81. The van der Waals surface area contributed by atoms with E-state index < -0.39 is 23.7 Å². The second-order valence-corrected chi connectivity index (χ2v) is 9.35. The fourth-order valence-electron chi connectivity index (χ4n) is 3.65. The highest BCUT2D eigenvalue weighted by atomic mass is 32.2. The van der Waals surface area contributed by atoms with E-state index in [0.717, 1.165) is 30.4 Å². The molecule has 6 nitrogen and oxygen atoms in total. The Morgan fingerprint density at radius 3 is 2.09 bits per heavy atom. The maximum atomic E-state index is 11.9. The molecule has 1 atom stereocenters. The summed E-state index contributed by atoms with van der Waals surface area (Å²) in [4.78, 5) is 34.1. The lowest BCUT2D eigenvalue weighted by Crippen LogP contribution is -2.29. The first-order valence-electron chi connectivity index (χ1n) is 11.9. The monoisotopic (exact) mass is 465 g/mol. The van der Waals surface area contributed by atoms with Crippen LogP contribution in [0.15, 0.2) is 24.3 Å². The second-order valence-electron chi connectivity index (χ2n) is 8.14. The lowest BCUT2D eigenvalue weighted by molar-refractivity contribution is -0.138. The lowest BCUT2D eigenvalue weighted by atomic mass is 9.98. The summed E-state index contributed by atoms with van der Waals surface area (Å²) in [5.41, 5.74) is 1.86. The second kappa shape index (κ2) is 17.5. The molecule has 0 aliphatic heterocycles. The van der Waals surface area contributed by atoms with Gasteiger partial charge in [0.1, 0.15) is 11.8 Å². The van der Waals surface area contributed by atoms with Crippen LogP contribution in [0.5, 0.6) is 0 Å². The van der Waals surface area contributed by atoms with Crippen LogP contribution < -0.4 is 5.32 Å². The van der Waals surface area contributed by atoms with Crippen molar-refractivity contribution >= 4 is 29.6 Å². The minimum atomic E-state index is -1.10. The highest BCUT2D eigenvalue weighted by Crippen LogP contribution is 2.32. The predicted octanol–water partition coefficient (Wildman–Crippen LogP) is 5.60. The summed E-state index contributed by atoms with van der Waals surface area (Å²) >= 11 is 1.21. The molecule has 7 heteroatoms. The average molecular weight is 466 g/mol. The van der Waals surface area contributed by atoms with E-state index in [1.165, 1.54) is 63.1 Å². The van der Waals surface area contributed by atoms with Gasteiger partial charge in [0.05, 0.1) is 0 Å². The highest BCUT2D eigenvalue weighted by Gasteiger charge is 2.23. The third-order valence-corrected chi connectivity index (χ3v) is 6.64. The normalized spacial score (nSPS) is 11.8. The molecule has 3 N–H and O–H groups in total. The number of carbonyl (C=O) groups excluding carboxylic acids is 1. The molecule has 0 heterocycles. The van der Waals surface area contributed by atoms with Crippen LogP contribution in [-0.2, 0) is 20.8 Å². The number of carboxylic acids is 2. The van der Waals surface area contributed by atoms with Gasteiger partial charge in [0.25, 0.3) is 0 Å². The molecule has 0 spiro atoms. The van der Waals surface area contributed by atoms with Crippen LogP contribution in [-0.4, -0.2) is 40.4 Å². The first-order valence-corrected chi connectivity index (χ1v) is 12.9. The van der Waals surface area contributed by atoms with Gasteiger partial charge in [-0.3, -0.25) is 14.4 Å². The fourth-order valence-corrected chi connectivity index (χ4v) is 4.74. The zero-order valence-electron chi connectivity index (χ0n) is 19.3. The van der Waals surface area contributed by atoms with Gasteiger partial charge in [-0.15, -0.1) is 11.8 Å². The van der Waals surface area contributed by atoms with E-state index in [9.17, 15) is 19.5 Å². The quantitative estimate of drug-likeness (QED) is 0.230. The van der Waals surface area contributed by atoms with E-state index in [2.05, 4.69) is 12.2 Å². The number of aliphatic carboxylic acids is 2. The van der Waals surface area contributed by atoms with E-state index in [1.54, 1.807) is 0 Å². The van der Waals surface area contributed by atoms with Crippen LogP contribution in [0.3, 0.4) is 0 Å². The van der Waals surface area contributed by atoms with Gasteiger partial charge in [0.2, 0.25) is 5.91 Å². The third kappa shape index (κ3) is 12.7. The first kappa shape index (κ1) is 28.0. The number of carbonyl (C=O) groups is 3. The first-order chi connectivity index (χ1) is 15.5. The fraction of sp³-hybridized carbons (Fsp3) is 0.640. The van der Waals surface area contributed by atoms with Crippen molar-refractivity contribution in [1.82, 2.24) is 5.32 Å². The Morgan fingerprint density at radius 2 is 1.50 bits per heavy atom. The number of hydrogen-bond acceptors (Lipinski definition) is 4. The summed E-state index contributed by atoms with van der Waals surface area (Å²) in [5, 5.41) is 19.9. The number of benzene rings is 1. The molecule has 0 fully saturated rings. The largest absolute Gasteiger partial charge is 0.480 e. The molecule has 0 saturated heterocycles. The van der Waals surface area contributed by atoms with Gasteiger partial charge in [-0.1, -0.05) is 89.0 Å². The molecular weight excluding hydrogens is 426 g/mol. The Bertz CT molecular complexity index is 695. The van der Waals surface area contributed by atoms with Crippen molar-refractivity contribution in [2.45, 2.75) is 89.2 Å². The van der Waals surface area contributed by atoms with Crippen molar-refractivity contribution in [3.63, 3.8) is 0 Å². The molecule has 0 aliphatic carbocycles. The SMILES string of the molecule is CCCCCCCCCCCCc1ccccc1C(SCCC(=O)NCC(=O)O)C(=O)O. The summed E-state index contributed by atoms with van der Waals surface area (Å²) in [6.07, 6.45) is 13.6. The number of unbranched alkanes of at least 4 members (excludes halogenated alkanes) is 9. The van der Waals surface area contributed by atoms with Gasteiger partial charge < -0.3 is 15.5 Å². The number of aryl methyl sites for hydroxylation is 1. The van der Waals surface area contributed by atoms with Gasteiger partial charge in [-0.05, 0) is 24.0 Å². The minimum Gasteiger partial charge on any atom is -0.480 e. The Labute approximate surface area is 196 Å². The van der Waals surface area contributed by atoms with Gasteiger partial charge in [0.15, 0.2) is 0 Å². The number of hydrogen-bond donors (Lipinski definition) is 3. The summed E-state index contributed by atoms with van der Waals surface area (Å²) in [5.74, 6) is -2.09. The van der Waals surface area contributed by atoms with Crippen molar-refractivity contribution in [2.24, 2.45) is 0 Å². The minimum absolute atomic E-state index is 0.0857. The van der Waals surface area contributed by atoms with E-state index in [4.69, 9.17) is 5.11 Å². The van der Waals surface area contributed by atoms with Crippen LogP contribution >= 0.6 is 11.8 Å². The number of carboxylic acid groups (broad SMARTS) is 2. The topological polar surface area (TPSA) is 104 Å². The van der Waals surface area contributed by atoms with Crippen molar-refractivity contribution in [3.8, 4) is 0 Å². The number of thioether (sulfide) groups is 1. The van der Waals surface area contributed by atoms with E-state index in [-0.39, 0.29) is 12.3 Å². The van der Waals surface area contributed by atoms with Gasteiger partial charge in [-0.2, -0.15) is 0 Å². The number of amides is 1. The van der Waals surface area contributed by atoms with E-state index >= 15 is 0 Å². The van der Waals surface area contributed by atoms with Crippen LogP contribution in [0.4, 0.5) is 0 Å². The maximum absolute atomic E-state index is 11.9. The molecule has 1 amide bonds.